The van der Waals surface area contributed by atoms with Crippen LogP contribution in [0.5, 0.6) is 0 Å². The van der Waals surface area contributed by atoms with E-state index >= 15 is 0 Å². The van der Waals surface area contributed by atoms with E-state index in [1.54, 1.807) is 75.4 Å². The molecule has 0 aromatic heterocycles. The Morgan fingerprint density at radius 1 is 0.917 bits per heavy atom. The second-order valence-corrected chi connectivity index (χ2v) is 12.4. The minimum atomic E-state index is -3.69. The quantitative estimate of drug-likeness (QED) is 0.442. The van der Waals surface area contributed by atoms with Crippen molar-refractivity contribution < 1.29 is 22.7 Å². The summed E-state index contributed by atoms with van der Waals surface area (Å²) in [6.07, 6.45) is -0.806. The first-order valence-corrected chi connectivity index (χ1v) is 13.5. The molecule has 2 amide bonds. The molecule has 0 radical (unpaired) electrons. The number of ether oxygens (including phenoxy) is 1. The van der Waals surface area contributed by atoms with Crippen molar-refractivity contribution in [3.8, 4) is 0 Å². The van der Waals surface area contributed by atoms with Crippen LogP contribution in [0.4, 0.5) is 10.5 Å². The van der Waals surface area contributed by atoms with Gasteiger partial charge in [-0.1, -0.05) is 65.7 Å². The Labute approximate surface area is 212 Å². The fourth-order valence-electron chi connectivity index (χ4n) is 4.85. The van der Waals surface area contributed by atoms with Gasteiger partial charge >= 0.3 is 6.09 Å². The van der Waals surface area contributed by atoms with E-state index in [1.807, 2.05) is 32.0 Å². The van der Waals surface area contributed by atoms with Gasteiger partial charge in [-0.05, 0) is 70.4 Å². The van der Waals surface area contributed by atoms with Crippen molar-refractivity contribution in [1.82, 2.24) is 0 Å². The fourth-order valence-corrected chi connectivity index (χ4v) is 6.24. The molecule has 6 nitrogen and oxygen atoms in total. The molecule has 0 saturated carbocycles. The molecular formula is C29H31NO5S. The van der Waals surface area contributed by atoms with Gasteiger partial charge in [0.25, 0.3) is 5.91 Å². The second kappa shape index (κ2) is 9.21. The number of para-hydroxylation sites is 1. The zero-order valence-electron chi connectivity index (χ0n) is 21.2. The Morgan fingerprint density at radius 2 is 1.50 bits per heavy atom. The van der Waals surface area contributed by atoms with E-state index in [2.05, 4.69) is 0 Å². The van der Waals surface area contributed by atoms with Crippen molar-refractivity contribution in [1.29, 1.82) is 0 Å². The number of carbonyl (C=O) groups is 2. The molecule has 1 atom stereocenters. The van der Waals surface area contributed by atoms with E-state index < -0.39 is 32.9 Å². The van der Waals surface area contributed by atoms with Gasteiger partial charge in [0, 0.05) is 0 Å². The number of benzene rings is 3. The fraction of sp³-hybridized carbons (Fsp3) is 0.310. The van der Waals surface area contributed by atoms with Gasteiger partial charge in [0.1, 0.15) is 11.0 Å². The molecule has 1 unspecified atom stereocenters. The number of sulfone groups is 1. The summed E-state index contributed by atoms with van der Waals surface area (Å²) in [5.41, 5.74) is 1.36. The summed E-state index contributed by atoms with van der Waals surface area (Å²) in [7, 11) is -3.69. The Bertz CT molecular complexity index is 1400. The third-order valence-corrected chi connectivity index (χ3v) is 8.04. The van der Waals surface area contributed by atoms with E-state index in [-0.39, 0.29) is 17.1 Å². The summed E-state index contributed by atoms with van der Waals surface area (Å²) in [5, 5.41) is 0. The maximum atomic E-state index is 14.3. The van der Waals surface area contributed by atoms with Crippen molar-refractivity contribution in [3.05, 3.63) is 95.1 Å². The van der Waals surface area contributed by atoms with Crippen LogP contribution in [0.2, 0.25) is 0 Å². The molecular weight excluding hydrogens is 474 g/mol. The largest absolute Gasteiger partial charge is 0.443 e. The Balaban J connectivity index is 1.90. The predicted molar refractivity (Wildman–Crippen MR) is 140 cm³/mol. The van der Waals surface area contributed by atoms with Crippen molar-refractivity contribution >= 4 is 27.5 Å². The number of carbonyl (C=O) groups excluding carboxylic acids is 2. The van der Waals surface area contributed by atoms with E-state index in [9.17, 15) is 18.0 Å². The molecule has 0 N–H and O–H groups in total. The predicted octanol–water partition coefficient (Wildman–Crippen LogP) is 5.74. The van der Waals surface area contributed by atoms with Crippen LogP contribution in [0.25, 0.3) is 0 Å². The average molecular weight is 506 g/mol. The molecule has 1 aliphatic rings. The molecule has 3 aromatic rings. The van der Waals surface area contributed by atoms with Crippen molar-refractivity contribution in [3.63, 3.8) is 0 Å². The lowest BCUT2D eigenvalue weighted by Gasteiger charge is -2.30. The minimum Gasteiger partial charge on any atom is -0.443 e. The number of fused-ring (bicyclic) bond motifs is 1. The Hall–Kier alpha value is -3.45. The second-order valence-electron chi connectivity index (χ2n) is 10.3. The van der Waals surface area contributed by atoms with Gasteiger partial charge in [-0.3, -0.25) is 4.79 Å². The highest BCUT2D eigenvalue weighted by Crippen LogP contribution is 2.49. The molecule has 36 heavy (non-hydrogen) atoms. The number of anilines is 1. The first kappa shape index (κ1) is 25.6. The van der Waals surface area contributed by atoms with Crippen molar-refractivity contribution in [2.24, 2.45) is 0 Å². The molecule has 0 fully saturated rings. The maximum absolute atomic E-state index is 14.3. The highest BCUT2D eigenvalue weighted by molar-refractivity contribution is 7.91. The van der Waals surface area contributed by atoms with E-state index in [1.165, 1.54) is 0 Å². The molecule has 0 bridgehead atoms. The molecule has 1 heterocycles. The maximum Gasteiger partial charge on any atom is 0.421 e. The molecule has 0 aliphatic carbocycles. The first-order valence-electron chi connectivity index (χ1n) is 11.9. The topological polar surface area (TPSA) is 80.8 Å². The van der Waals surface area contributed by atoms with E-state index in [0.29, 0.717) is 16.8 Å². The first-order chi connectivity index (χ1) is 16.8. The highest BCUT2D eigenvalue weighted by Gasteiger charge is 2.55. The number of imide groups is 1. The molecule has 188 valence electrons. The van der Waals surface area contributed by atoms with Crippen molar-refractivity contribution in [2.45, 2.75) is 57.0 Å². The van der Waals surface area contributed by atoms with Gasteiger partial charge in [0.15, 0.2) is 9.84 Å². The summed E-state index contributed by atoms with van der Waals surface area (Å²) in [5.74, 6) is -0.780. The van der Waals surface area contributed by atoms with Crippen LogP contribution in [0.1, 0.15) is 49.4 Å². The van der Waals surface area contributed by atoms with Crippen LogP contribution in [0.3, 0.4) is 0 Å². The van der Waals surface area contributed by atoms with Gasteiger partial charge in [0.05, 0.1) is 16.3 Å². The zero-order chi connectivity index (χ0) is 26.3. The third kappa shape index (κ3) is 4.67. The molecule has 1 aliphatic heterocycles. The summed E-state index contributed by atoms with van der Waals surface area (Å²) in [6, 6.07) is 21.0. The monoisotopic (exact) mass is 505 g/mol. The summed E-state index contributed by atoms with van der Waals surface area (Å²) >= 11 is 0. The van der Waals surface area contributed by atoms with Gasteiger partial charge in [-0.25, -0.2) is 18.1 Å². The number of aryl methyl sites for hydroxylation is 2. The van der Waals surface area contributed by atoms with E-state index in [4.69, 9.17) is 4.74 Å². The standard InChI is InChI=1S/C29H31NO5S/c1-20-17-21(2)19-22(18-20)29(15-16-36(33,34)23-11-7-6-8-12-23)24-13-9-10-14-25(24)30(26(29)31)27(32)35-28(3,4)5/h6-14,17-19H,15-16H2,1-5H3. The van der Waals surface area contributed by atoms with Crippen molar-refractivity contribution in [2.75, 3.05) is 10.7 Å². The van der Waals surface area contributed by atoms with Crippen LogP contribution in [-0.4, -0.2) is 31.8 Å². The Kier molecular flexibility index (Phi) is 6.56. The van der Waals surface area contributed by atoms with E-state index in [0.717, 1.165) is 16.0 Å². The lowest BCUT2D eigenvalue weighted by Crippen LogP contribution is -2.46. The molecule has 7 heteroatoms. The summed E-state index contributed by atoms with van der Waals surface area (Å²) in [4.78, 5) is 28.9. The number of amides is 2. The lowest BCUT2D eigenvalue weighted by molar-refractivity contribution is -0.121. The lowest BCUT2D eigenvalue weighted by atomic mass is 9.72. The number of hydrogen-bond acceptors (Lipinski definition) is 5. The molecule has 0 spiro atoms. The third-order valence-electron chi connectivity index (χ3n) is 6.31. The van der Waals surface area contributed by atoms with Gasteiger partial charge in [-0.15, -0.1) is 0 Å². The summed E-state index contributed by atoms with van der Waals surface area (Å²) < 4.78 is 32.2. The molecule has 0 saturated heterocycles. The van der Waals surface area contributed by atoms with Crippen LogP contribution in [-0.2, 0) is 24.8 Å². The van der Waals surface area contributed by atoms with Gasteiger partial charge < -0.3 is 4.74 Å². The van der Waals surface area contributed by atoms with Gasteiger partial charge in [0.2, 0.25) is 0 Å². The SMILES string of the molecule is Cc1cc(C)cc(C2(CCS(=O)(=O)c3ccccc3)C(=O)N(C(=O)OC(C)(C)C)c3ccccc32)c1. The van der Waals surface area contributed by atoms with Gasteiger partial charge in [-0.2, -0.15) is 0 Å². The van der Waals surface area contributed by atoms with Crippen LogP contribution < -0.4 is 4.90 Å². The van der Waals surface area contributed by atoms with Crippen LogP contribution in [0.15, 0.2) is 77.7 Å². The smallest absolute Gasteiger partial charge is 0.421 e. The normalized spacial score (nSPS) is 17.7. The van der Waals surface area contributed by atoms with Crippen LogP contribution >= 0.6 is 0 Å². The minimum absolute atomic E-state index is 0.0255. The summed E-state index contributed by atoms with van der Waals surface area (Å²) in [6.45, 7) is 9.08. The highest BCUT2D eigenvalue weighted by atomic mass is 32.2. The number of nitrogens with zero attached hydrogens (tertiary/aromatic N) is 1. The zero-order valence-corrected chi connectivity index (χ0v) is 22.1. The molecule has 3 aromatic carbocycles. The number of rotatable bonds is 5. The number of hydrogen-bond donors (Lipinski definition) is 0. The Morgan fingerprint density at radius 3 is 2.11 bits per heavy atom. The van der Waals surface area contributed by atoms with Crippen LogP contribution in [0, 0.1) is 13.8 Å². The average Bonchev–Trinajstić information content (AvgIpc) is 3.05. The molecule has 4 rings (SSSR count).